The normalized spacial score (nSPS) is 61.2. The van der Waals surface area contributed by atoms with E-state index in [9.17, 15) is 10.2 Å². The van der Waals surface area contributed by atoms with Crippen LogP contribution in [-0.2, 0) is 0 Å². The van der Waals surface area contributed by atoms with E-state index in [4.69, 9.17) is 0 Å². The summed E-state index contributed by atoms with van der Waals surface area (Å²) in [5.74, 6) is 3.54. The van der Waals surface area contributed by atoms with Gasteiger partial charge in [-0.25, -0.2) is 0 Å². The van der Waals surface area contributed by atoms with Gasteiger partial charge in [-0.2, -0.15) is 0 Å². The zero-order valence-electron chi connectivity index (χ0n) is 14.6. The highest BCUT2D eigenvalue weighted by Crippen LogP contribution is 2.67. The van der Waals surface area contributed by atoms with Crippen molar-refractivity contribution >= 4 is 0 Å². The van der Waals surface area contributed by atoms with E-state index in [1.54, 1.807) is 0 Å². The average molecular weight is 306 g/mol. The van der Waals surface area contributed by atoms with Crippen molar-refractivity contribution in [1.29, 1.82) is 0 Å². The molecule has 0 radical (unpaired) electrons. The maximum atomic E-state index is 10.9. The number of hydrogen-bond acceptors (Lipinski definition) is 2. The van der Waals surface area contributed by atoms with Gasteiger partial charge in [0.25, 0.3) is 0 Å². The summed E-state index contributed by atoms with van der Waals surface area (Å²) in [5.41, 5.74) is 0.799. The van der Waals surface area contributed by atoms with Gasteiger partial charge in [0.1, 0.15) is 0 Å². The van der Waals surface area contributed by atoms with E-state index < -0.39 is 0 Å². The molecule has 0 aromatic heterocycles. The third-order valence-electron chi connectivity index (χ3n) is 9.13. The molecular formula is C20H34O2. The van der Waals surface area contributed by atoms with Gasteiger partial charge in [-0.15, -0.1) is 0 Å². The topological polar surface area (TPSA) is 40.5 Å². The molecule has 126 valence electrons. The molecule has 0 aromatic rings. The van der Waals surface area contributed by atoms with Crippen molar-refractivity contribution in [3.8, 4) is 0 Å². The first-order chi connectivity index (χ1) is 10.4. The number of hydrogen-bond donors (Lipinski definition) is 2. The Morgan fingerprint density at radius 1 is 0.773 bits per heavy atom. The second-order valence-corrected chi connectivity index (χ2v) is 9.74. The Morgan fingerprint density at radius 2 is 1.45 bits per heavy atom. The van der Waals surface area contributed by atoms with Gasteiger partial charge < -0.3 is 10.2 Å². The molecule has 4 aliphatic carbocycles. The smallest absolute Gasteiger partial charge is 0.0577 e. The molecule has 4 saturated carbocycles. The van der Waals surface area contributed by atoms with E-state index in [2.05, 4.69) is 20.8 Å². The highest BCUT2D eigenvalue weighted by atomic mass is 16.3. The Labute approximate surface area is 135 Å². The maximum Gasteiger partial charge on any atom is 0.0577 e. The highest BCUT2D eigenvalue weighted by Gasteiger charge is 2.61. The molecule has 4 fully saturated rings. The molecule has 2 N–H and O–H groups in total. The summed E-state index contributed by atoms with van der Waals surface area (Å²) in [5, 5.41) is 21.0. The van der Waals surface area contributed by atoms with Gasteiger partial charge in [0.2, 0.25) is 0 Å². The van der Waals surface area contributed by atoms with E-state index in [1.165, 1.54) is 25.7 Å². The third kappa shape index (κ3) is 1.92. The predicted molar refractivity (Wildman–Crippen MR) is 88.3 cm³/mol. The van der Waals surface area contributed by atoms with E-state index in [-0.39, 0.29) is 17.6 Å². The summed E-state index contributed by atoms with van der Waals surface area (Å²) < 4.78 is 0. The Bertz CT molecular complexity index is 449. The summed E-state index contributed by atoms with van der Waals surface area (Å²) in [6, 6.07) is 0. The molecule has 0 aromatic carbocycles. The van der Waals surface area contributed by atoms with Crippen LogP contribution in [-0.4, -0.2) is 22.4 Å². The van der Waals surface area contributed by atoms with E-state index in [1.807, 2.05) is 0 Å². The minimum Gasteiger partial charge on any atom is -0.393 e. The molecule has 2 nitrogen and oxygen atoms in total. The van der Waals surface area contributed by atoms with Gasteiger partial charge in [0.15, 0.2) is 0 Å². The zero-order chi connectivity index (χ0) is 15.7. The van der Waals surface area contributed by atoms with Gasteiger partial charge in [-0.05, 0) is 91.8 Å². The Balaban J connectivity index is 1.66. The van der Waals surface area contributed by atoms with Crippen LogP contribution in [0.25, 0.3) is 0 Å². The van der Waals surface area contributed by atoms with Crippen LogP contribution in [0.5, 0.6) is 0 Å². The van der Waals surface area contributed by atoms with Gasteiger partial charge in [0, 0.05) is 0 Å². The van der Waals surface area contributed by atoms with Gasteiger partial charge in [-0.1, -0.05) is 20.8 Å². The highest BCUT2D eigenvalue weighted by molar-refractivity contribution is 5.10. The molecule has 4 rings (SSSR count). The molecule has 0 bridgehead atoms. The second kappa shape index (κ2) is 4.96. The average Bonchev–Trinajstić information content (AvgIpc) is 2.77. The van der Waals surface area contributed by atoms with Crippen molar-refractivity contribution in [1.82, 2.24) is 0 Å². The number of rotatable bonds is 0. The number of aliphatic hydroxyl groups is 2. The fraction of sp³-hybridized carbons (Fsp3) is 1.00. The third-order valence-corrected chi connectivity index (χ3v) is 9.13. The Kier molecular flexibility index (Phi) is 3.48. The lowest BCUT2D eigenvalue weighted by Gasteiger charge is -2.62. The lowest BCUT2D eigenvalue weighted by molar-refractivity contribution is -0.170. The van der Waals surface area contributed by atoms with Crippen molar-refractivity contribution in [3.63, 3.8) is 0 Å². The first kappa shape index (κ1) is 15.4. The largest absolute Gasteiger partial charge is 0.393 e. The van der Waals surface area contributed by atoms with E-state index in [0.717, 1.165) is 49.4 Å². The molecule has 4 unspecified atom stereocenters. The Hall–Kier alpha value is -0.0800. The van der Waals surface area contributed by atoms with Crippen molar-refractivity contribution in [2.45, 2.75) is 84.3 Å². The van der Waals surface area contributed by atoms with Crippen molar-refractivity contribution in [2.75, 3.05) is 0 Å². The molecule has 0 spiro atoms. The van der Waals surface area contributed by atoms with Crippen LogP contribution in [0.1, 0.15) is 72.1 Å². The first-order valence-electron chi connectivity index (χ1n) is 9.72. The fourth-order valence-electron chi connectivity index (χ4n) is 7.54. The second-order valence-electron chi connectivity index (χ2n) is 9.74. The SMILES string of the molecule is C[C@H]1CCC2C3C[C@@H](O)C4C[C@@H](O)CC[C@]4(C)C3CC[C@@]21C. The van der Waals surface area contributed by atoms with Crippen LogP contribution in [0.4, 0.5) is 0 Å². The first-order valence-corrected chi connectivity index (χ1v) is 9.72. The molecular weight excluding hydrogens is 272 g/mol. The molecule has 4 aliphatic rings. The van der Waals surface area contributed by atoms with E-state index in [0.29, 0.717) is 11.3 Å². The fourth-order valence-corrected chi connectivity index (χ4v) is 7.54. The van der Waals surface area contributed by atoms with Crippen LogP contribution < -0.4 is 0 Å². The van der Waals surface area contributed by atoms with Gasteiger partial charge >= 0.3 is 0 Å². The Morgan fingerprint density at radius 3 is 2.23 bits per heavy atom. The summed E-state index contributed by atoms with van der Waals surface area (Å²) >= 11 is 0. The minimum absolute atomic E-state index is 0.176. The molecule has 0 amide bonds. The predicted octanol–water partition coefficient (Wildman–Crippen LogP) is 4.00. The molecule has 0 aliphatic heterocycles. The number of fused-ring (bicyclic) bond motifs is 5. The minimum atomic E-state index is -0.181. The van der Waals surface area contributed by atoms with Crippen LogP contribution in [0.3, 0.4) is 0 Å². The lowest BCUT2D eigenvalue weighted by atomic mass is 9.44. The van der Waals surface area contributed by atoms with Crippen molar-refractivity contribution in [2.24, 2.45) is 40.4 Å². The summed E-state index contributed by atoms with van der Waals surface area (Å²) in [6.45, 7) is 7.45. The lowest BCUT2D eigenvalue weighted by Crippen LogP contribution is -2.58. The zero-order valence-corrected chi connectivity index (χ0v) is 14.6. The van der Waals surface area contributed by atoms with Gasteiger partial charge in [0.05, 0.1) is 12.2 Å². The molecule has 0 saturated heterocycles. The summed E-state index contributed by atoms with van der Waals surface area (Å²) in [7, 11) is 0. The molecule has 2 heteroatoms. The van der Waals surface area contributed by atoms with Crippen LogP contribution in [0.2, 0.25) is 0 Å². The molecule has 9 atom stereocenters. The number of aliphatic hydroxyl groups excluding tert-OH is 2. The van der Waals surface area contributed by atoms with Crippen LogP contribution in [0.15, 0.2) is 0 Å². The van der Waals surface area contributed by atoms with E-state index >= 15 is 0 Å². The summed E-state index contributed by atoms with van der Waals surface area (Å²) in [4.78, 5) is 0. The monoisotopic (exact) mass is 306 g/mol. The molecule has 22 heavy (non-hydrogen) atoms. The van der Waals surface area contributed by atoms with Crippen LogP contribution >= 0.6 is 0 Å². The molecule has 0 heterocycles. The van der Waals surface area contributed by atoms with Gasteiger partial charge in [-0.3, -0.25) is 0 Å². The quantitative estimate of drug-likeness (QED) is 0.710. The van der Waals surface area contributed by atoms with Crippen LogP contribution in [0, 0.1) is 40.4 Å². The van der Waals surface area contributed by atoms with Crippen molar-refractivity contribution < 1.29 is 10.2 Å². The maximum absolute atomic E-state index is 10.9. The van der Waals surface area contributed by atoms with Crippen molar-refractivity contribution in [3.05, 3.63) is 0 Å². The summed E-state index contributed by atoms with van der Waals surface area (Å²) in [6.07, 6.45) is 9.07. The standard InChI is InChI=1S/C20H34O2/c1-12-4-5-15-14-11-18(22)17-10-13(21)6-8-20(17,3)16(14)7-9-19(12,15)2/h12-18,21-22H,4-11H2,1-3H3/t12-,13-,14?,15?,16?,17?,18+,19+,20+/m0/s1.